The first kappa shape index (κ1) is 17.5. The van der Waals surface area contributed by atoms with Crippen LogP contribution in [0.15, 0.2) is 16.0 Å². The van der Waals surface area contributed by atoms with Crippen molar-refractivity contribution in [3.05, 3.63) is 22.1 Å². The highest BCUT2D eigenvalue weighted by atomic mass is 32.2. The van der Waals surface area contributed by atoms with Gasteiger partial charge in [0, 0.05) is 24.8 Å². The molecule has 1 saturated heterocycles. The van der Waals surface area contributed by atoms with Crippen LogP contribution in [-0.4, -0.2) is 39.6 Å². The van der Waals surface area contributed by atoms with Crippen molar-refractivity contribution < 1.29 is 4.79 Å². The van der Waals surface area contributed by atoms with Crippen LogP contribution in [0.5, 0.6) is 0 Å². The van der Waals surface area contributed by atoms with E-state index in [9.17, 15) is 9.59 Å². The van der Waals surface area contributed by atoms with E-state index in [-0.39, 0.29) is 11.5 Å². The van der Waals surface area contributed by atoms with Gasteiger partial charge in [-0.15, -0.1) is 0 Å². The minimum atomic E-state index is -0.133. The van der Waals surface area contributed by atoms with Gasteiger partial charge in [-0.25, -0.2) is 4.98 Å². The minimum Gasteiger partial charge on any atom is -0.342 e. The second-order valence-corrected chi connectivity index (χ2v) is 7.98. The molecule has 2 heterocycles. The van der Waals surface area contributed by atoms with E-state index >= 15 is 0 Å². The van der Waals surface area contributed by atoms with E-state index in [1.165, 1.54) is 37.4 Å². The molecule has 1 amide bonds. The molecule has 2 atom stereocenters. The molecule has 0 spiro atoms. The standard InChI is InChI=1S/C18H27N3O2S/c1-2-5-15-10-16(22)20-18(19-15)24-12-17(23)21-9-8-13-6-3-4-7-14(13)11-21/h10,13-14H,2-9,11-12H2,1H3,(H,19,20,22)/t13-,14-/m1/s1. The molecule has 3 rings (SSSR count). The highest BCUT2D eigenvalue weighted by Crippen LogP contribution is 2.36. The maximum Gasteiger partial charge on any atom is 0.251 e. The van der Waals surface area contributed by atoms with Crippen molar-refractivity contribution >= 4 is 17.7 Å². The number of amides is 1. The fraction of sp³-hybridized carbons (Fsp3) is 0.722. The molecular formula is C18H27N3O2S. The summed E-state index contributed by atoms with van der Waals surface area (Å²) >= 11 is 1.35. The molecule has 1 aliphatic heterocycles. The first-order valence-corrected chi connectivity index (χ1v) is 10.1. The van der Waals surface area contributed by atoms with Gasteiger partial charge in [0.15, 0.2) is 5.16 Å². The molecule has 2 aliphatic rings. The van der Waals surface area contributed by atoms with Crippen molar-refractivity contribution in [2.24, 2.45) is 11.8 Å². The van der Waals surface area contributed by atoms with Crippen molar-refractivity contribution in [3.8, 4) is 0 Å². The Kier molecular flexibility index (Phi) is 5.98. The summed E-state index contributed by atoms with van der Waals surface area (Å²) in [7, 11) is 0. The Balaban J connectivity index is 1.55. The zero-order chi connectivity index (χ0) is 16.9. The summed E-state index contributed by atoms with van der Waals surface area (Å²) in [6, 6.07) is 1.54. The van der Waals surface area contributed by atoms with Gasteiger partial charge in [0.05, 0.1) is 5.75 Å². The smallest absolute Gasteiger partial charge is 0.251 e. The zero-order valence-electron chi connectivity index (χ0n) is 14.4. The monoisotopic (exact) mass is 349 g/mol. The van der Waals surface area contributed by atoms with Gasteiger partial charge in [-0.2, -0.15) is 0 Å². The summed E-state index contributed by atoms with van der Waals surface area (Å²) in [6.45, 7) is 3.87. The van der Waals surface area contributed by atoms with E-state index in [2.05, 4.69) is 16.9 Å². The Bertz CT molecular complexity index is 631. The number of nitrogens with zero attached hydrogens (tertiary/aromatic N) is 2. The summed E-state index contributed by atoms with van der Waals surface area (Å²) < 4.78 is 0. The summed E-state index contributed by atoms with van der Waals surface area (Å²) in [5, 5.41) is 0.562. The number of nitrogens with one attached hydrogen (secondary N) is 1. The minimum absolute atomic E-state index is 0.133. The molecule has 132 valence electrons. The van der Waals surface area contributed by atoms with E-state index in [4.69, 9.17) is 0 Å². The predicted octanol–water partition coefficient (Wildman–Crippen LogP) is 2.85. The van der Waals surface area contributed by atoms with E-state index in [0.717, 1.165) is 44.0 Å². The van der Waals surface area contributed by atoms with Crippen LogP contribution in [0.2, 0.25) is 0 Å². The second-order valence-electron chi connectivity index (χ2n) is 7.01. The van der Waals surface area contributed by atoms with Crippen LogP contribution in [0.1, 0.15) is 51.1 Å². The Hall–Kier alpha value is -1.30. The number of rotatable bonds is 5. The Morgan fingerprint density at radius 2 is 2.12 bits per heavy atom. The van der Waals surface area contributed by atoms with Crippen molar-refractivity contribution in [2.75, 3.05) is 18.8 Å². The molecule has 6 heteroatoms. The van der Waals surface area contributed by atoms with Gasteiger partial charge in [-0.3, -0.25) is 9.59 Å². The first-order valence-electron chi connectivity index (χ1n) is 9.16. The van der Waals surface area contributed by atoms with Crippen LogP contribution in [0.3, 0.4) is 0 Å². The number of carbonyl (C=O) groups is 1. The fourth-order valence-electron chi connectivity index (χ4n) is 3.98. The Morgan fingerprint density at radius 1 is 1.33 bits per heavy atom. The van der Waals surface area contributed by atoms with Crippen LogP contribution in [0.25, 0.3) is 0 Å². The topological polar surface area (TPSA) is 66.1 Å². The molecule has 24 heavy (non-hydrogen) atoms. The average molecular weight is 350 g/mol. The van der Waals surface area contributed by atoms with Crippen LogP contribution in [0, 0.1) is 11.8 Å². The molecule has 1 aromatic rings. The molecular weight excluding hydrogens is 322 g/mol. The van der Waals surface area contributed by atoms with Crippen molar-refractivity contribution in [1.29, 1.82) is 0 Å². The lowest BCUT2D eigenvalue weighted by Gasteiger charge is -2.41. The van der Waals surface area contributed by atoms with Crippen molar-refractivity contribution in [3.63, 3.8) is 0 Å². The number of aromatic nitrogens is 2. The largest absolute Gasteiger partial charge is 0.342 e. The number of aromatic amines is 1. The van der Waals surface area contributed by atoms with E-state index in [0.29, 0.717) is 16.8 Å². The molecule has 0 unspecified atom stereocenters. The molecule has 0 bridgehead atoms. The van der Waals surface area contributed by atoms with Gasteiger partial charge in [0.25, 0.3) is 5.56 Å². The number of thioether (sulfide) groups is 1. The van der Waals surface area contributed by atoms with Gasteiger partial charge in [-0.1, -0.05) is 44.4 Å². The normalized spacial score (nSPS) is 23.8. The van der Waals surface area contributed by atoms with Crippen LogP contribution in [-0.2, 0) is 11.2 Å². The van der Waals surface area contributed by atoms with Gasteiger partial charge in [0.1, 0.15) is 0 Å². The highest BCUT2D eigenvalue weighted by molar-refractivity contribution is 7.99. The Labute approximate surface area is 147 Å². The number of hydrogen-bond acceptors (Lipinski definition) is 4. The number of aryl methyl sites for hydroxylation is 1. The quantitative estimate of drug-likeness (QED) is 0.656. The molecule has 5 nitrogen and oxygen atoms in total. The first-order chi connectivity index (χ1) is 11.7. The SMILES string of the molecule is CCCc1cc(=O)[nH]c(SCC(=O)N2CC[C@H]3CCCC[C@@H]3C2)n1. The van der Waals surface area contributed by atoms with Crippen molar-refractivity contribution in [2.45, 2.75) is 57.0 Å². The number of fused-ring (bicyclic) bond motifs is 1. The van der Waals surface area contributed by atoms with Crippen molar-refractivity contribution in [1.82, 2.24) is 14.9 Å². The number of carbonyl (C=O) groups excluding carboxylic acids is 1. The number of likely N-dealkylation sites (tertiary alicyclic amines) is 1. The van der Waals surface area contributed by atoms with Crippen LogP contribution in [0.4, 0.5) is 0 Å². The fourth-order valence-corrected chi connectivity index (χ4v) is 4.78. The molecule has 2 fully saturated rings. The molecule has 1 N–H and O–H groups in total. The summed E-state index contributed by atoms with van der Waals surface area (Å²) in [6.07, 6.45) is 8.19. The number of hydrogen-bond donors (Lipinski definition) is 1. The van der Waals surface area contributed by atoms with Gasteiger partial charge in [-0.05, 0) is 31.1 Å². The molecule has 1 aromatic heterocycles. The molecule has 1 saturated carbocycles. The van der Waals surface area contributed by atoms with Gasteiger partial charge in [0.2, 0.25) is 5.91 Å². The molecule has 0 radical (unpaired) electrons. The maximum absolute atomic E-state index is 12.5. The zero-order valence-corrected chi connectivity index (χ0v) is 15.2. The third-order valence-corrected chi connectivity index (χ3v) is 6.11. The number of H-pyrrole nitrogens is 1. The van der Waals surface area contributed by atoms with Crippen LogP contribution >= 0.6 is 11.8 Å². The lowest BCUT2D eigenvalue weighted by atomic mass is 9.75. The second kappa shape index (κ2) is 8.19. The summed E-state index contributed by atoms with van der Waals surface area (Å²) in [4.78, 5) is 33.4. The van der Waals surface area contributed by atoms with Gasteiger partial charge >= 0.3 is 0 Å². The van der Waals surface area contributed by atoms with Gasteiger partial charge < -0.3 is 9.88 Å². The van der Waals surface area contributed by atoms with Crippen LogP contribution < -0.4 is 5.56 Å². The third kappa shape index (κ3) is 4.41. The Morgan fingerprint density at radius 3 is 2.92 bits per heavy atom. The molecule has 1 aliphatic carbocycles. The average Bonchev–Trinajstić information content (AvgIpc) is 2.59. The summed E-state index contributed by atoms with van der Waals surface area (Å²) in [5.74, 6) is 2.06. The highest BCUT2D eigenvalue weighted by Gasteiger charge is 2.32. The lowest BCUT2D eigenvalue weighted by Crippen LogP contribution is -2.45. The lowest BCUT2D eigenvalue weighted by molar-refractivity contribution is -0.131. The third-order valence-electron chi connectivity index (χ3n) is 5.26. The van der Waals surface area contributed by atoms with E-state index < -0.39 is 0 Å². The maximum atomic E-state index is 12.5. The summed E-state index contributed by atoms with van der Waals surface area (Å²) in [5.41, 5.74) is 0.672. The van der Waals surface area contributed by atoms with E-state index in [1.54, 1.807) is 6.07 Å². The number of piperidine rings is 1. The predicted molar refractivity (Wildman–Crippen MR) is 96.2 cm³/mol. The van der Waals surface area contributed by atoms with E-state index in [1.807, 2.05) is 4.90 Å². The molecule has 0 aromatic carbocycles.